The Balaban J connectivity index is 0.000000262. The normalized spacial score (nSPS) is 14.0. The van der Waals surface area contributed by atoms with Crippen molar-refractivity contribution >= 4 is 56.0 Å². The molecule has 0 aliphatic carbocycles. The first kappa shape index (κ1) is 83.2. The summed E-state index contributed by atoms with van der Waals surface area (Å²) in [5, 5.41) is 75.8. The summed E-state index contributed by atoms with van der Waals surface area (Å²) in [5.74, 6) is -0.483. The molecule has 2 aliphatic rings. The summed E-state index contributed by atoms with van der Waals surface area (Å²) >= 11 is 0. The van der Waals surface area contributed by atoms with E-state index >= 15 is 0 Å². The van der Waals surface area contributed by atoms with Crippen LogP contribution in [0.25, 0.3) is 0 Å². The van der Waals surface area contributed by atoms with Crippen LogP contribution in [-0.4, -0.2) is 117 Å². The van der Waals surface area contributed by atoms with E-state index in [4.69, 9.17) is 5.26 Å². The third-order valence-electron chi connectivity index (χ3n) is 16.8. The molecule has 0 aromatic heterocycles. The van der Waals surface area contributed by atoms with Gasteiger partial charge in [0.2, 0.25) is 0 Å². The van der Waals surface area contributed by atoms with Gasteiger partial charge < -0.3 is 63.0 Å². The van der Waals surface area contributed by atoms with Gasteiger partial charge in [-0.1, -0.05) is 291 Å². The topological polar surface area (TPSA) is 212 Å². The van der Waals surface area contributed by atoms with Gasteiger partial charge in [-0.25, -0.2) is 0 Å². The van der Waals surface area contributed by atoms with Crippen LogP contribution in [0.1, 0.15) is 32.6 Å². The van der Waals surface area contributed by atoms with Crippen molar-refractivity contribution in [1.29, 1.82) is 5.26 Å². The molecule has 2 heterocycles. The summed E-state index contributed by atoms with van der Waals surface area (Å²) in [7, 11) is 0. The van der Waals surface area contributed by atoms with E-state index in [1.807, 2.05) is 0 Å². The fraction of sp³-hybridized carbons (Fsp3) is 0.256. The standard InChI is InChI=1S/2C24H20B.2C10H24N4.2C6H6O2.C2H3N.2Mn/c2*1-5-13-21(14-6-1)25(22-15-7-2-8-16-22,23-17-9-3-10-18-23)24-19-11-4-12-20-24;2*1-3-11-7-9-13-5-2-6-14-10-8-12-4-1;2*7-5-1-2-6(8)4-3-5;1-2-3;;/h2*1-20H;2*11-14H,1-10H2;2*1-4,7-8H;1H3;;/q2*-1;;;;;;2*+3/p-4. The Morgan fingerprint density at radius 2 is 0.333 bits per heavy atom. The van der Waals surface area contributed by atoms with Crippen LogP contribution in [0.5, 0.6) is 23.0 Å². The molecule has 0 radical (unpaired) electrons. The Bertz CT molecular complexity index is 2860. The van der Waals surface area contributed by atoms with E-state index in [1.54, 1.807) is 6.07 Å². The fourth-order valence-electron chi connectivity index (χ4n) is 12.2. The monoisotopic (exact) mass is 1410 g/mol. The molecule has 2 fully saturated rings. The van der Waals surface area contributed by atoms with Crippen molar-refractivity contribution < 1.29 is 54.6 Å². The number of benzene rings is 10. The average Bonchev–Trinajstić information content (AvgIpc) is 0.749. The van der Waals surface area contributed by atoms with Gasteiger partial charge in [-0.05, 0) is 78.0 Å². The fourth-order valence-corrected chi connectivity index (χ4v) is 12.2. The van der Waals surface area contributed by atoms with E-state index in [0.29, 0.717) is 0 Å². The summed E-state index contributed by atoms with van der Waals surface area (Å²) in [6.07, 6.45) is 2.46. The predicted octanol–water partition coefficient (Wildman–Crippen LogP) is 4.60. The van der Waals surface area contributed by atoms with Gasteiger partial charge in [0.1, 0.15) is 12.3 Å². The van der Waals surface area contributed by atoms with E-state index in [9.17, 15) is 20.4 Å². The van der Waals surface area contributed by atoms with Crippen LogP contribution >= 0.6 is 0 Å². The van der Waals surface area contributed by atoms with Crippen LogP contribution in [0, 0.1) is 11.3 Å². The first-order valence-corrected chi connectivity index (χ1v) is 34.4. The van der Waals surface area contributed by atoms with Crippen molar-refractivity contribution in [3.05, 3.63) is 291 Å². The second-order valence-electron chi connectivity index (χ2n) is 23.6. The van der Waals surface area contributed by atoms with Crippen molar-refractivity contribution in [3.8, 4) is 29.1 Å². The zero-order valence-corrected chi connectivity index (χ0v) is 59.7. The maximum Gasteiger partial charge on any atom is 3.00 e. The molecule has 2 saturated heterocycles. The van der Waals surface area contributed by atoms with Gasteiger partial charge in [0.05, 0.1) is 6.07 Å². The Morgan fingerprint density at radius 3 is 0.444 bits per heavy atom. The van der Waals surface area contributed by atoms with Gasteiger partial charge in [0.15, 0.2) is 0 Å². The molecule has 2 aliphatic heterocycles. The molecule has 0 atom stereocenters. The van der Waals surface area contributed by atoms with Gasteiger partial charge in [0, 0.05) is 59.3 Å². The second kappa shape index (κ2) is 51.9. The van der Waals surface area contributed by atoms with Gasteiger partial charge in [-0.15, -0.1) is 23.0 Å². The van der Waals surface area contributed by atoms with Gasteiger partial charge in [-0.2, -0.15) is 49.0 Å². The Hall–Kier alpha value is -8.26. The van der Waals surface area contributed by atoms with E-state index in [2.05, 4.69) is 285 Å². The minimum absolute atomic E-state index is 0. The Kier molecular flexibility index (Phi) is 43.6. The van der Waals surface area contributed by atoms with Gasteiger partial charge >= 0.3 is 34.1 Å². The number of nitriles is 1. The molecule has 0 amide bonds. The average molecular weight is 1410 g/mol. The molecule has 0 bridgehead atoms. The summed E-state index contributed by atoms with van der Waals surface area (Å²) in [6.45, 7) is 19.2. The molecular weight excluding hydrogens is 1310 g/mol. The molecule has 0 spiro atoms. The zero-order valence-electron chi connectivity index (χ0n) is 57.3. The smallest absolute Gasteiger partial charge is 0.872 e. The van der Waals surface area contributed by atoms with Crippen molar-refractivity contribution in [2.24, 2.45) is 0 Å². The molecule has 8 N–H and O–H groups in total. The van der Waals surface area contributed by atoms with E-state index in [0.717, 1.165) is 105 Å². The number of hydrogen-bond donors (Lipinski definition) is 8. The molecule has 516 valence electrons. The van der Waals surface area contributed by atoms with E-state index in [-0.39, 0.29) is 57.1 Å². The van der Waals surface area contributed by atoms with Crippen LogP contribution in [0.2, 0.25) is 0 Å². The summed E-state index contributed by atoms with van der Waals surface area (Å²) in [4.78, 5) is 0. The molecule has 99 heavy (non-hydrogen) atoms. The quantitative estimate of drug-likeness (QED) is 0.0980. The number of hydrogen-bond acceptors (Lipinski definition) is 13. The van der Waals surface area contributed by atoms with Crippen molar-refractivity contribution in [2.75, 3.05) is 105 Å². The number of nitrogens with zero attached hydrogens (tertiary/aromatic N) is 1. The van der Waals surface area contributed by atoms with Crippen LogP contribution in [-0.2, 0) is 34.1 Å². The third-order valence-corrected chi connectivity index (χ3v) is 16.8. The summed E-state index contributed by atoms with van der Waals surface area (Å²) < 4.78 is 0. The third kappa shape index (κ3) is 30.0. The molecular formula is C82H99B2Mn2N9O4. The predicted molar refractivity (Wildman–Crippen MR) is 403 cm³/mol. The SMILES string of the molecule is C1CNCCNCCCNCCNC1.C1CNCCNCCCNCCNC1.CC#N.[Mn+3].[Mn+3].[O-]c1ccc([O-])cc1.[O-]c1ccc([O-])cc1.c1ccc([B-](c2ccccc2)(c2ccccc2)c2ccccc2)cc1.c1ccc([B-](c2ccccc2)(c2ccccc2)c2ccccc2)cc1. The van der Waals surface area contributed by atoms with E-state index in [1.165, 1.54) is 125 Å². The molecule has 10 aromatic rings. The molecule has 17 heteroatoms. The first-order chi connectivity index (χ1) is 47.8. The second-order valence-corrected chi connectivity index (χ2v) is 23.6. The summed E-state index contributed by atoms with van der Waals surface area (Å²) in [5.41, 5.74) is 10.7. The minimum atomic E-state index is -1.22. The maximum absolute atomic E-state index is 10.3. The maximum atomic E-state index is 10.3. The number of rotatable bonds is 8. The molecule has 10 aromatic carbocycles. The van der Waals surface area contributed by atoms with Gasteiger partial charge in [-0.3, -0.25) is 0 Å². The largest absolute Gasteiger partial charge is 3.00 e. The Labute approximate surface area is 611 Å². The van der Waals surface area contributed by atoms with Crippen molar-refractivity contribution in [3.63, 3.8) is 0 Å². The van der Waals surface area contributed by atoms with Crippen LogP contribution in [0.3, 0.4) is 0 Å². The molecule has 0 saturated carbocycles. The molecule has 13 nitrogen and oxygen atoms in total. The van der Waals surface area contributed by atoms with Crippen LogP contribution in [0.4, 0.5) is 0 Å². The van der Waals surface area contributed by atoms with Crippen molar-refractivity contribution in [1.82, 2.24) is 42.5 Å². The van der Waals surface area contributed by atoms with Crippen LogP contribution < -0.4 is 107 Å². The first-order valence-electron chi connectivity index (χ1n) is 34.4. The molecule has 0 unspecified atom stereocenters. The number of nitrogens with one attached hydrogen (secondary N) is 8. The Morgan fingerprint density at radius 1 is 0.222 bits per heavy atom. The minimum Gasteiger partial charge on any atom is -0.872 e. The summed E-state index contributed by atoms with van der Waals surface area (Å²) in [6, 6.07) is 98.8. The van der Waals surface area contributed by atoms with Gasteiger partial charge in [0.25, 0.3) is 0 Å². The zero-order chi connectivity index (χ0) is 68.4. The molecule has 12 rings (SSSR count). The van der Waals surface area contributed by atoms with Crippen LogP contribution in [0.15, 0.2) is 291 Å². The van der Waals surface area contributed by atoms with E-state index < -0.39 is 12.3 Å². The van der Waals surface area contributed by atoms with Crippen molar-refractivity contribution in [2.45, 2.75) is 32.6 Å².